The minimum Gasteiger partial charge on any atom is -0.464 e. The second-order valence-electron chi connectivity index (χ2n) is 8.45. The first-order valence-corrected chi connectivity index (χ1v) is 14.5. The van der Waals surface area contributed by atoms with Crippen LogP contribution in [-0.4, -0.2) is 22.7 Å². The van der Waals surface area contributed by atoms with E-state index in [9.17, 15) is 26.4 Å². The number of rotatable bonds is 7. The zero-order valence-corrected chi connectivity index (χ0v) is 22.0. The summed E-state index contributed by atoms with van der Waals surface area (Å²) in [5, 5.41) is 2.76. The van der Waals surface area contributed by atoms with E-state index in [0.29, 0.717) is 0 Å². The van der Waals surface area contributed by atoms with Crippen molar-refractivity contribution < 1.29 is 30.4 Å². The highest BCUT2D eigenvalue weighted by Gasteiger charge is 2.38. The number of sulfonamides is 2. The van der Waals surface area contributed by atoms with Crippen molar-refractivity contribution in [3.63, 3.8) is 0 Å². The van der Waals surface area contributed by atoms with E-state index < -0.39 is 37.5 Å². The van der Waals surface area contributed by atoms with Crippen LogP contribution in [0.5, 0.6) is 0 Å². The number of hydrogen-bond acceptors (Lipinski definition) is 7. The van der Waals surface area contributed by atoms with Crippen molar-refractivity contribution in [2.45, 2.75) is 9.79 Å². The zero-order chi connectivity index (χ0) is 28.5. The van der Waals surface area contributed by atoms with E-state index in [2.05, 4.69) is 5.32 Å². The van der Waals surface area contributed by atoms with Crippen LogP contribution in [0.3, 0.4) is 0 Å². The van der Waals surface area contributed by atoms with Gasteiger partial charge < -0.3 is 9.73 Å². The second-order valence-corrected chi connectivity index (χ2v) is 12.3. The van der Waals surface area contributed by atoms with Crippen molar-refractivity contribution in [3.8, 4) is 0 Å². The smallest absolute Gasteiger partial charge is 0.277 e. The predicted molar refractivity (Wildman–Crippen MR) is 147 cm³/mol. The van der Waals surface area contributed by atoms with E-state index in [1.54, 1.807) is 12.1 Å². The maximum absolute atomic E-state index is 15.3. The molecular formula is C28H19FN2O7S2. The summed E-state index contributed by atoms with van der Waals surface area (Å²) in [7, 11) is -9.72. The molecule has 0 unspecified atom stereocenters. The number of benzene rings is 4. The Hall–Kier alpha value is -4.81. The number of nitrogens with zero attached hydrogens (tertiary/aromatic N) is 1. The number of hydrogen-bond donors (Lipinski definition) is 1. The number of halogens is 1. The van der Waals surface area contributed by atoms with Crippen molar-refractivity contribution in [2.75, 3.05) is 9.03 Å². The second kappa shape index (κ2) is 10.4. The maximum atomic E-state index is 15.3. The summed E-state index contributed by atoms with van der Waals surface area (Å²) in [6, 6.07) is 21.7. The lowest BCUT2D eigenvalue weighted by Gasteiger charge is -2.25. The first kappa shape index (κ1) is 26.8. The third-order valence-electron chi connectivity index (χ3n) is 5.84. The molecule has 9 nitrogen and oxygen atoms in total. The monoisotopic (exact) mass is 578 g/mol. The van der Waals surface area contributed by atoms with Crippen molar-refractivity contribution in [1.29, 1.82) is 0 Å². The molecule has 1 heterocycles. The van der Waals surface area contributed by atoms with Crippen molar-refractivity contribution in [2.24, 2.45) is 0 Å². The highest BCUT2D eigenvalue weighted by Crippen LogP contribution is 2.34. The Kier molecular flexibility index (Phi) is 6.96. The van der Waals surface area contributed by atoms with Crippen LogP contribution in [0.15, 0.2) is 128 Å². The fraction of sp³-hybridized carbons (Fsp3) is 0. The molecule has 5 rings (SSSR count). The molecule has 202 valence electrons. The highest BCUT2D eigenvalue weighted by atomic mass is 32.3. The third kappa shape index (κ3) is 4.97. The summed E-state index contributed by atoms with van der Waals surface area (Å²) >= 11 is 0. The fourth-order valence-electron chi connectivity index (χ4n) is 3.92. The summed E-state index contributed by atoms with van der Waals surface area (Å²) in [4.78, 5) is 24.1. The van der Waals surface area contributed by atoms with Crippen LogP contribution >= 0.6 is 0 Å². The molecule has 0 aliphatic rings. The Morgan fingerprint density at radius 3 is 1.95 bits per heavy atom. The van der Waals surface area contributed by atoms with Crippen molar-refractivity contribution >= 4 is 48.3 Å². The van der Waals surface area contributed by atoms with Gasteiger partial charge in [-0.05, 0) is 60.7 Å². The predicted octanol–water partition coefficient (Wildman–Crippen LogP) is 4.77. The Balaban J connectivity index is 1.60. The number of anilines is 2. The standard InChI is InChI=1S/C28H19FN2O7S2/c29-24-14-12-20(30-28(33)19-11-13-23-26(32)15-16-38-27(23)17-19)18-25(24)31(39(34,35)21-7-3-1-4-8-21)40(36,37)22-9-5-2-6-10-22/h1-18H,(H,30,33). The molecule has 0 bridgehead atoms. The van der Waals surface area contributed by atoms with Gasteiger partial charge in [0.25, 0.3) is 26.0 Å². The van der Waals surface area contributed by atoms with Crippen molar-refractivity contribution in [1.82, 2.24) is 0 Å². The molecule has 0 aliphatic heterocycles. The zero-order valence-electron chi connectivity index (χ0n) is 20.4. The molecule has 5 aromatic rings. The first-order valence-electron chi connectivity index (χ1n) is 11.6. The molecule has 12 heteroatoms. The van der Waals surface area contributed by atoms with Crippen LogP contribution in [-0.2, 0) is 20.0 Å². The maximum Gasteiger partial charge on any atom is 0.277 e. The summed E-state index contributed by atoms with van der Waals surface area (Å²) in [6.07, 6.45) is 1.19. The van der Waals surface area contributed by atoms with Gasteiger partial charge in [-0.1, -0.05) is 36.4 Å². The van der Waals surface area contributed by atoms with Gasteiger partial charge in [0, 0.05) is 17.3 Å². The minimum absolute atomic E-state index is 0.0142. The molecule has 0 atom stereocenters. The highest BCUT2D eigenvalue weighted by molar-refractivity contribution is 8.10. The largest absolute Gasteiger partial charge is 0.464 e. The van der Waals surface area contributed by atoms with Gasteiger partial charge in [-0.3, -0.25) is 9.59 Å². The third-order valence-corrected chi connectivity index (χ3v) is 10.0. The van der Waals surface area contributed by atoms with Crippen molar-refractivity contribution in [3.05, 3.63) is 131 Å². The summed E-state index contributed by atoms with van der Waals surface area (Å²) in [6.45, 7) is 0. The molecular weight excluding hydrogens is 559 g/mol. The van der Waals surface area contributed by atoms with Gasteiger partial charge in [0.2, 0.25) is 0 Å². The number of fused-ring (bicyclic) bond motifs is 1. The van der Waals surface area contributed by atoms with Crippen LogP contribution < -0.4 is 14.5 Å². The van der Waals surface area contributed by atoms with Crippen LogP contribution in [0.2, 0.25) is 0 Å². The fourth-order valence-corrected chi connectivity index (χ4v) is 7.65. The Bertz CT molecular complexity index is 1940. The Morgan fingerprint density at radius 2 is 1.35 bits per heavy atom. The van der Waals surface area contributed by atoms with E-state index >= 15 is 4.39 Å². The molecule has 1 amide bonds. The van der Waals surface area contributed by atoms with Gasteiger partial charge in [-0.25, -0.2) is 21.2 Å². The number of nitrogens with one attached hydrogen (secondary N) is 1. The molecule has 0 saturated carbocycles. The molecule has 4 aromatic carbocycles. The topological polar surface area (TPSA) is 131 Å². The normalized spacial score (nSPS) is 11.7. The lowest BCUT2D eigenvalue weighted by atomic mass is 10.1. The summed E-state index contributed by atoms with van der Waals surface area (Å²) in [5.41, 5.74) is -0.967. The molecule has 1 N–H and O–H groups in total. The molecule has 1 aromatic heterocycles. The molecule has 0 radical (unpaired) electrons. The summed E-state index contributed by atoms with van der Waals surface area (Å²) < 4.78 is 75.2. The molecule has 0 spiro atoms. The van der Waals surface area contributed by atoms with Crippen LogP contribution in [0.25, 0.3) is 11.0 Å². The lowest BCUT2D eigenvalue weighted by Crippen LogP contribution is -2.37. The van der Waals surface area contributed by atoms with Gasteiger partial charge >= 0.3 is 0 Å². The van der Waals surface area contributed by atoms with Crippen LogP contribution in [0.4, 0.5) is 15.8 Å². The van der Waals surface area contributed by atoms with E-state index in [-0.39, 0.29) is 41.2 Å². The van der Waals surface area contributed by atoms with Gasteiger partial charge in [0.05, 0.1) is 21.4 Å². The SMILES string of the molecule is O=C(Nc1ccc(F)c(N(S(=O)(=O)c2ccccc2)S(=O)(=O)c2ccccc2)c1)c1ccc2c(=O)ccoc2c1. The molecule has 0 saturated heterocycles. The van der Waals surface area contributed by atoms with Gasteiger partial charge in [0.1, 0.15) is 17.1 Å². The average molecular weight is 579 g/mol. The number of amides is 1. The van der Waals surface area contributed by atoms with Gasteiger partial charge in [-0.2, -0.15) is 3.71 Å². The quantitative estimate of drug-likeness (QED) is 0.294. The van der Waals surface area contributed by atoms with Crippen LogP contribution in [0.1, 0.15) is 10.4 Å². The average Bonchev–Trinajstić information content (AvgIpc) is 2.95. The summed E-state index contributed by atoms with van der Waals surface area (Å²) in [5.74, 6) is -1.86. The van der Waals surface area contributed by atoms with E-state index in [0.717, 1.165) is 18.2 Å². The van der Waals surface area contributed by atoms with E-state index in [1.165, 1.54) is 79.1 Å². The van der Waals surface area contributed by atoms with E-state index in [1.807, 2.05) is 0 Å². The number of carbonyl (C=O) groups excluding carboxylic acids is 1. The Morgan fingerprint density at radius 1 is 0.750 bits per heavy atom. The molecule has 0 aliphatic carbocycles. The number of carbonyl (C=O) groups is 1. The molecule has 40 heavy (non-hydrogen) atoms. The van der Waals surface area contributed by atoms with E-state index in [4.69, 9.17) is 4.42 Å². The van der Waals surface area contributed by atoms with Gasteiger partial charge in [0.15, 0.2) is 5.43 Å². The minimum atomic E-state index is -4.86. The first-order chi connectivity index (χ1) is 19.1. The molecule has 0 fully saturated rings. The Labute approximate surface area is 228 Å². The van der Waals surface area contributed by atoms with Crippen LogP contribution in [0, 0.1) is 5.82 Å². The van der Waals surface area contributed by atoms with Gasteiger partial charge in [-0.15, -0.1) is 0 Å². The lowest BCUT2D eigenvalue weighted by molar-refractivity contribution is 0.102.